The zero-order valence-corrected chi connectivity index (χ0v) is 11.5. The van der Waals surface area contributed by atoms with Crippen LogP contribution in [0.4, 0.5) is 5.69 Å². The van der Waals surface area contributed by atoms with E-state index in [0.29, 0.717) is 18.3 Å². The van der Waals surface area contributed by atoms with Crippen molar-refractivity contribution < 1.29 is 14.3 Å². The second-order valence-electron chi connectivity index (χ2n) is 5.13. The standard InChI is InChI=1S/C14H19N3O3/c1-15-11-4-5-17(7-11)8-14(18)16-10-2-3-12-13(6-10)20-9-19-12/h2-3,6,11,15H,4-5,7-9H2,1H3,(H,16,18). The van der Waals surface area contributed by atoms with Crippen molar-refractivity contribution >= 4 is 11.6 Å². The van der Waals surface area contributed by atoms with E-state index < -0.39 is 0 Å². The molecule has 6 heteroatoms. The Hall–Kier alpha value is -1.79. The molecule has 1 fully saturated rings. The molecule has 0 bridgehead atoms. The average Bonchev–Trinajstić information content (AvgIpc) is 3.06. The van der Waals surface area contributed by atoms with E-state index in [1.54, 1.807) is 6.07 Å². The molecule has 2 N–H and O–H groups in total. The zero-order valence-electron chi connectivity index (χ0n) is 11.5. The number of hydrogen-bond acceptors (Lipinski definition) is 5. The van der Waals surface area contributed by atoms with E-state index in [0.717, 1.165) is 30.9 Å². The van der Waals surface area contributed by atoms with Crippen LogP contribution >= 0.6 is 0 Å². The lowest BCUT2D eigenvalue weighted by Gasteiger charge is -2.15. The molecular formula is C14H19N3O3. The monoisotopic (exact) mass is 277 g/mol. The number of carbonyl (C=O) groups is 1. The molecular weight excluding hydrogens is 258 g/mol. The van der Waals surface area contributed by atoms with Crippen LogP contribution in [0.25, 0.3) is 0 Å². The Labute approximate surface area is 118 Å². The van der Waals surface area contributed by atoms with Crippen molar-refractivity contribution in [2.24, 2.45) is 0 Å². The molecule has 2 aliphatic rings. The Morgan fingerprint density at radius 3 is 3.05 bits per heavy atom. The Morgan fingerprint density at radius 1 is 1.40 bits per heavy atom. The first kappa shape index (κ1) is 13.2. The van der Waals surface area contributed by atoms with Gasteiger partial charge in [0.15, 0.2) is 11.5 Å². The van der Waals surface area contributed by atoms with E-state index in [2.05, 4.69) is 15.5 Å². The molecule has 108 valence electrons. The zero-order chi connectivity index (χ0) is 13.9. The van der Waals surface area contributed by atoms with Gasteiger partial charge in [0, 0.05) is 30.9 Å². The summed E-state index contributed by atoms with van der Waals surface area (Å²) >= 11 is 0. The molecule has 20 heavy (non-hydrogen) atoms. The number of anilines is 1. The molecule has 1 saturated heterocycles. The van der Waals surface area contributed by atoms with Gasteiger partial charge in [-0.3, -0.25) is 9.69 Å². The van der Waals surface area contributed by atoms with Gasteiger partial charge in [-0.2, -0.15) is 0 Å². The number of amides is 1. The summed E-state index contributed by atoms with van der Waals surface area (Å²) in [7, 11) is 1.96. The Bertz CT molecular complexity index is 506. The number of carbonyl (C=O) groups excluding carboxylic acids is 1. The lowest BCUT2D eigenvalue weighted by atomic mass is 10.2. The van der Waals surface area contributed by atoms with E-state index in [1.807, 2.05) is 19.2 Å². The molecule has 0 aliphatic carbocycles. The largest absolute Gasteiger partial charge is 0.454 e. The Balaban J connectivity index is 1.54. The van der Waals surface area contributed by atoms with Crippen molar-refractivity contribution in [3.8, 4) is 11.5 Å². The minimum atomic E-state index is 0.000573. The molecule has 1 aromatic rings. The number of likely N-dealkylation sites (tertiary alicyclic amines) is 1. The fraction of sp³-hybridized carbons (Fsp3) is 0.500. The number of nitrogens with zero attached hydrogens (tertiary/aromatic N) is 1. The molecule has 1 amide bonds. The van der Waals surface area contributed by atoms with E-state index in [-0.39, 0.29) is 12.7 Å². The Kier molecular flexibility index (Phi) is 3.75. The highest BCUT2D eigenvalue weighted by Crippen LogP contribution is 2.34. The maximum absolute atomic E-state index is 12.0. The predicted octanol–water partition coefficient (Wildman–Crippen LogP) is 0.647. The summed E-state index contributed by atoms with van der Waals surface area (Å²) in [5.74, 6) is 1.40. The van der Waals surface area contributed by atoms with E-state index in [1.165, 1.54) is 0 Å². The molecule has 2 aliphatic heterocycles. The van der Waals surface area contributed by atoms with Crippen LogP contribution in [0.5, 0.6) is 11.5 Å². The average molecular weight is 277 g/mol. The van der Waals surface area contributed by atoms with Crippen LogP contribution in [-0.4, -0.2) is 50.3 Å². The Morgan fingerprint density at radius 2 is 2.25 bits per heavy atom. The van der Waals surface area contributed by atoms with Gasteiger partial charge in [0.2, 0.25) is 12.7 Å². The summed E-state index contributed by atoms with van der Waals surface area (Å²) in [6, 6.07) is 5.92. The first-order valence-electron chi connectivity index (χ1n) is 6.84. The molecule has 3 rings (SSSR count). The lowest BCUT2D eigenvalue weighted by molar-refractivity contribution is -0.117. The van der Waals surface area contributed by atoms with Gasteiger partial charge in [-0.1, -0.05) is 0 Å². The van der Waals surface area contributed by atoms with Gasteiger partial charge in [0.25, 0.3) is 0 Å². The number of ether oxygens (including phenoxy) is 2. The van der Waals surface area contributed by atoms with Crippen molar-refractivity contribution in [3.63, 3.8) is 0 Å². The molecule has 0 spiro atoms. The van der Waals surface area contributed by atoms with Crippen LogP contribution in [0.3, 0.4) is 0 Å². The van der Waals surface area contributed by atoms with Gasteiger partial charge in [-0.25, -0.2) is 0 Å². The molecule has 0 radical (unpaired) electrons. The quantitative estimate of drug-likeness (QED) is 0.846. The smallest absolute Gasteiger partial charge is 0.238 e. The third-order valence-corrected chi connectivity index (χ3v) is 3.70. The first-order chi connectivity index (χ1) is 9.74. The fourth-order valence-corrected chi connectivity index (χ4v) is 2.59. The number of rotatable bonds is 4. The third-order valence-electron chi connectivity index (χ3n) is 3.70. The molecule has 1 aromatic carbocycles. The fourth-order valence-electron chi connectivity index (χ4n) is 2.59. The van der Waals surface area contributed by atoms with Crippen molar-refractivity contribution in [3.05, 3.63) is 18.2 Å². The summed E-state index contributed by atoms with van der Waals surface area (Å²) < 4.78 is 10.5. The minimum absolute atomic E-state index is 0.000573. The molecule has 1 atom stereocenters. The van der Waals surface area contributed by atoms with Gasteiger partial charge >= 0.3 is 0 Å². The number of benzene rings is 1. The van der Waals surface area contributed by atoms with E-state index in [4.69, 9.17) is 9.47 Å². The lowest BCUT2D eigenvalue weighted by Crippen LogP contribution is -2.34. The SMILES string of the molecule is CNC1CCN(CC(=O)Nc2ccc3c(c2)OCO3)C1. The van der Waals surface area contributed by atoms with Gasteiger partial charge in [0.1, 0.15) is 0 Å². The number of hydrogen-bond donors (Lipinski definition) is 2. The van der Waals surface area contributed by atoms with Crippen molar-refractivity contribution in [1.29, 1.82) is 0 Å². The highest BCUT2D eigenvalue weighted by Gasteiger charge is 2.22. The normalized spacial score (nSPS) is 21.1. The summed E-state index contributed by atoms with van der Waals surface area (Å²) in [4.78, 5) is 14.2. The highest BCUT2D eigenvalue weighted by atomic mass is 16.7. The van der Waals surface area contributed by atoms with Crippen LogP contribution in [0.15, 0.2) is 18.2 Å². The summed E-state index contributed by atoms with van der Waals surface area (Å²) in [5.41, 5.74) is 0.739. The van der Waals surface area contributed by atoms with Gasteiger partial charge in [0.05, 0.1) is 6.54 Å². The second kappa shape index (κ2) is 5.68. The molecule has 0 aromatic heterocycles. The number of likely N-dealkylation sites (N-methyl/N-ethyl adjacent to an activating group) is 1. The summed E-state index contributed by atoms with van der Waals surface area (Å²) in [6.07, 6.45) is 1.09. The van der Waals surface area contributed by atoms with Crippen LogP contribution in [-0.2, 0) is 4.79 Å². The summed E-state index contributed by atoms with van der Waals surface area (Å²) in [5, 5.41) is 6.14. The van der Waals surface area contributed by atoms with Gasteiger partial charge in [-0.15, -0.1) is 0 Å². The van der Waals surface area contributed by atoms with Crippen LogP contribution in [0.1, 0.15) is 6.42 Å². The summed E-state index contributed by atoms with van der Waals surface area (Å²) in [6.45, 7) is 2.55. The van der Waals surface area contributed by atoms with Crippen LogP contribution in [0.2, 0.25) is 0 Å². The van der Waals surface area contributed by atoms with Gasteiger partial charge < -0.3 is 20.1 Å². The van der Waals surface area contributed by atoms with Gasteiger partial charge in [-0.05, 0) is 25.6 Å². The predicted molar refractivity (Wildman–Crippen MR) is 75.1 cm³/mol. The molecule has 0 saturated carbocycles. The minimum Gasteiger partial charge on any atom is -0.454 e. The molecule has 2 heterocycles. The van der Waals surface area contributed by atoms with Crippen molar-refractivity contribution in [2.75, 3.05) is 38.8 Å². The first-order valence-corrected chi connectivity index (χ1v) is 6.84. The second-order valence-corrected chi connectivity index (χ2v) is 5.13. The van der Waals surface area contributed by atoms with E-state index in [9.17, 15) is 4.79 Å². The van der Waals surface area contributed by atoms with E-state index >= 15 is 0 Å². The number of nitrogens with one attached hydrogen (secondary N) is 2. The van der Waals surface area contributed by atoms with Crippen molar-refractivity contribution in [2.45, 2.75) is 12.5 Å². The maximum Gasteiger partial charge on any atom is 0.238 e. The van der Waals surface area contributed by atoms with Crippen LogP contribution < -0.4 is 20.1 Å². The van der Waals surface area contributed by atoms with Crippen LogP contribution in [0, 0.1) is 0 Å². The maximum atomic E-state index is 12.0. The topological polar surface area (TPSA) is 62.8 Å². The molecule has 6 nitrogen and oxygen atoms in total. The molecule has 1 unspecified atom stereocenters. The third kappa shape index (κ3) is 2.86. The highest BCUT2D eigenvalue weighted by molar-refractivity contribution is 5.92. The number of fused-ring (bicyclic) bond motifs is 1. The van der Waals surface area contributed by atoms with Crippen molar-refractivity contribution in [1.82, 2.24) is 10.2 Å².